The van der Waals surface area contributed by atoms with Crippen LogP contribution in [0.1, 0.15) is 26.7 Å². The van der Waals surface area contributed by atoms with Gasteiger partial charge in [0.2, 0.25) is 5.91 Å². The Bertz CT molecular complexity index is 182. The summed E-state index contributed by atoms with van der Waals surface area (Å²) in [6, 6.07) is 0. The van der Waals surface area contributed by atoms with E-state index in [1.165, 1.54) is 0 Å². The lowest BCUT2D eigenvalue weighted by Gasteiger charge is -2.27. The van der Waals surface area contributed by atoms with Crippen molar-refractivity contribution in [3.8, 4) is 0 Å². The van der Waals surface area contributed by atoms with Crippen LogP contribution in [-0.4, -0.2) is 46.8 Å². The molecule has 0 aliphatic carbocycles. The molecule has 4 heteroatoms. The molecule has 0 bridgehead atoms. The standard InChI is InChI=1S/C9H18N2O2/c1-3-10-6-5-9(13)11(10)7-4-8(2)12/h8,12H,3-7H2,1-2H3. The molecule has 0 saturated carbocycles. The molecule has 0 aromatic heterocycles. The normalized spacial score (nSPS) is 21.2. The van der Waals surface area contributed by atoms with Gasteiger partial charge in [-0.2, -0.15) is 0 Å². The summed E-state index contributed by atoms with van der Waals surface area (Å²) in [5, 5.41) is 12.9. The van der Waals surface area contributed by atoms with Gasteiger partial charge in [-0.25, -0.2) is 5.01 Å². The van der Waals surface area contributed by atoms with E-state index in [1.807, 2.05) is 11.9 Å². The van der Waals surface area contributed by atoms with Gasteiger partial charge in [-0.15, -0.1) is 0 Å². The van der Waals surface area contributed by atoms with Crippen LogP contribution < -0.4 is 0 Å². The third kappa shape index (κ3) is 2.67. The molecule has 76 valence electrons. The van der Waals surface area contributed by atoms with E-state index in [-0.39, 0.29) is 12.0 Å². The minimum atomic E-state index is -0.327. The first-order valence-corrected chi connectivity index (χ1v) is 4.88. The van der Waals surface area contributed by atoms with Gasteiger partial charge in [0.1, 0.15) is 0 Å². The maximum absolute atomic E-state index is 11.4. The second kappa shape index (κ2) is 4.58. The summed E-state index contributed by atoms with van der Waals surface area (Å²) in [6.07, 6.45) is 0.947. The largest absolute Gasteiger partial charge is 0.393 e. The first-order chi connectivity index (χ1) is 6.15. The van der Waals surface area contributed by atoms with Crippen LogP contribution in [0.2, 0.25) is 0 Å². The van der Waals surface area contributed by atoms with E-state index in [0.29, 0.717) is 19.4 Å². The highest BCUT2D eigenvalue weighted by atomic mass is 16.3. The molecule has 1 rings (SSSR count). The van der Waals surface area contributed by atoms with Crippen LogP contribution in [0, 0.1) is 0 Å². The minimum Gasteiger partial charge on any atom is -0.393 e. The first-order valence-electron chi connectivity index (χ1n) is 4.88. The highest BCUT2D eigenvalue weighted by Gasteiger charge is 2.26. The average Bonchev–Trinajstić information content (AvgIpc) is 2.43. The van der Waals surface area contributed by atoms with Crippen molar-refractivity contribution in [1.82, 2.24) is 10.0 Å². The van der Waals surface area contributed by atoms with E-state index in [0.717, 1.165) is 13.1 Å². The zero-order valence-corrected chi connectivity index (χ0v) is 8.36. The fourth-order valence-electron chi connectivity index (χ4n) is 1.54. The van der Waals surface area contributed by atoms with Gasteiger partial charge in [0.25, 0.3) is 0 Å². The number of carbonyl (C=O) groups is 1. The number of hydrazine groups is 1. The number of amides is 1. The molecular formula is C9H18N2O2. The first kappa shape index (κ1) is 10.5. The predicted octanol–water partition coefficient (Wildman–Crippen LogP) is 0.226. The van der Waals surface area contributed by atoms with E-state index < -0.39 is 0 Å². The molecule has 1 atom stereocenters. The monoisotopic (exact) mass is 186 g/mol. The quantitative estimate of drug-likeness (QED) is 0.683. The Morgan fingerprint density at radius 3 is 2.85 bits per heavy atom. The molecule has 1 aliphatic heterocycles. The number of rotatable bonds is 4. The highest BCUT2D eigenvalue weighted by molar-refractivity contribution is 5.77. The van der Waals surface area contributed by atoms with Crippen LogP contribution in [0.4, 0.5) is 0 Å². The molecule has 4 nitrogen and oxygen atoms in total. The zero-order valence-electron chi connectivity index (χ0n) is 8.36. The van der Waals surface area contributed by atoms with E-state index in [9.17, 15) is 4.79 Å². The Kier molecular flexibility index (Phi) is 3.69. The fraction of sp³-hybridized carbons (Fsp3) is 0.889. The summed E-state index contributed by atoms with van der Waals surface area (Å²) in [4.78, 5) is 11.4. The molecule has 1 aliphatic rings. The molecule has 1 unspecified atom stereocenters. The molecule has 0 aromatic rings. The summed E-state index contributed by atoms with van der Waals surface area (Å²) in [5.74, 6) is 0.183. The summed E-state index contributed by atoms with van der Waals surface area (Å²) in [6.45, 7) is 6.12. The maximum atomic E-state index is 11.4. The molecule has 1 heterocycles. The van der Waals surface area contributed by atoms with Gasteiger partial charge in [0.05, 0.1) is 6.10 Å². The van der Waals surface area contributed by atoms with Crippen molar-refractivity contribution in [2.24, 2.45) is 0 Å². The minimum absolute atomic E-state index is 0.183. The number of hydrogen-bond acceptors (Lipinski definition) is 3. The smallest absolute Gasteiger partial charge is 0.238 e. The van der Waals surface area contributed by atoms with Gasteiger partial charge in [-0.1, -0.05) is 6.92 Å². The second-order valence-electron chi connectivity index (χ2n) is 3.45. The Labute approximate surface area is 79.1 Å². The number of nitrogens with zero attached hydrogens (tertiary/aromatic N) is 2. The van der Waals surface area contributed by atoms with Crippen molar-refractivity contribution in [1.29, 1.82) is 0 Å². The van der Waals surface area contributed by atoms with Crippen LogP contribution in [0.3, 0.4) is 0 Å². The SMILES string of the molecule is CCN1CCC(=O)N1CCC(C)O. The van der Waals surface area contributed by atoms with Crippen LogP contribution >= 0.6 is 0 Å². The van der Waals surface area contributed by atoms with Crippen molar-refractivity contribution in [2.75, 3.05) is 19.6 Å². The molecule has 0 aromatic carbocycles. The number of carbonyl (C=O) groups excluding carboxylic acids is 1. The second-order valence-corrected chi connectivity index (χ2v) is 3.45. The summed E-state index contributed by atoms with van der Waals surface area (Å²) < 4.78 is 0. The summed E-state index contributed by atoms with van der Waals surface area (Å²) >= 11 is 0. The van der Waals surface area contributed by atoms with Gasteiger partial charge in [-0.3, -0.25) is 9.80 Å². The number of aliphatic hydroxyl groups excluding tert-OH is 1. The van der Waals surface area contributed by atoms with Gasteiger partial charge < -0.3 is 5.11 Å². The molecule has 1 fully saturated rings. The molecule has 1 amide bonds. The molecule has 13 heavy (non-hydrogen) atoms. The van der Waals surface area contributed by atoms with E-state index in [2.05, 4.69) is 0 Å². The topological polar surface area (TPSA) is 43.8 Å². The Balaban J connectivity index is 2.40. The fourth-order valence-corrected chi connectivity index (χ4v) is 1.54. The average molecular weight is 186 g/mol. The van der Waals surface area contributed by atoms with E-state index >= 15 is 0 Å². The lowest BCUT2D eigenvalue weighted by Crippen LogP contribution is -2.40. The Morgan fingerprint density at radius 2 is 2.31 bits per heavy atom. The summed E-state index contributed by atoms with van der Waals surface area (Å²) in [7, 11) is 0. The number of aliphatic hydroxyl groups is 1. The van der Waals surface area contributed by atoms with Crippen LogP contribution in [0.25, 0.3) is 0 Å². The third-order valence-corrected chi connectivity index (χ3v) is 2.34. The van der Waals surface area contributed by atoms with Crippen molar-refractivity contribution in [2.45, 2.75) is 32.8 Å². The van der Waals surface area contributed by atoms with E-state index in [1.54, 1.807) is 11.9 Å². The molecule has 1 N–H and O–H groups in total. The van der Waals surface area contributed by atoms with Gasteiger partial charge in [0, 0.05) is 26.1 Å². The van der Waals surface area contributed by atoms with Crippen LogP contribution in [0.5, 0.6) is 0 Å². The molecule has 0 radical (unpaired) electrons. The molecule has 1 saturated heterocycles. The van der Waals surface area contributed by atoms with E-state index in [4.69, 9.17) is 5.11 Å². The lowest BCUT2D eigenvalue weighted by molar-refractivity contribution is -0.138. The Hall–Kier alpha value is -0.610. The van der Waals surface area contributed by atoms with Crippen molar-refractivity contribution in [3.05, 3.63) is 0 Å². The van der Waals surface area contributed by atoms with Gasteiger partial charge >= 0.3 is 0 Å². The summed E-state index contributed by atoms with van der Waals surface area (Å²) in [5.41, 5.74) is 0. The van der Waals surface area contributed by atoms with Crippen molar-refractivity contribution >= 4 is 5.91 Å². The lowest BCUT2D eigenvalue weighted by atomic mass is 10.3. The molecular weight excluding hydrogens is 168 g/mol. The highest BCUT2D eigenvalue weighted by Crippen LogP contribution is 2.12. The third-order valence-electron chi connectivity index (χ3n) is 2.34. The van der Waals surface area contributed by atoms with Gasteiger partial charge in [-0.05, 0) is 13.3 Å². The zero-order chi connectivity index (χ0) is 9.84. The van der Waals surface area contributed by atoms with Crippen LogP contribution in [-0.2, 0) is 4.79 Å². The number of hydrogen-bond donors (Lipinski definition) is 1. The molecule has 0 spiro atoms. The Morgan fingerprint density at radius 1 is 1.62 bits per heavy atom. The van der Waals surface area contributed by atoms with Gasteiger partial charge in [0.15, 0.2) is 0 Å². The van der Waals surface area contributed by atoms with Crippen molar-refractivity contribution < 1.29 is 9.90 Å². The van der Waals surface area contributed by atoms with Crippen molar-refractivity contribution in [3.63, 3.8) is 0 Å². The van der Waals surface area contributed by atoms with Crippen LogP contribution in [0.15, 0.2) is 0 Å². The maximum Gasteiger partial charge on any atom is 0.238 e. The predicted molar refractivity (Wildman–Crippen MR) is 49.9 cm³/mol.